The fourth-order valence-corrected chi connectivity index (χ4v) is 3.85. The molecule has 2 heterocycles. The molecule has 2 fully saturated rings. The van der Waals surface area contributed by atoms with Crippen LogP contribution in [0.1, 0.15) is 31.7 Å². The van der Waals surface area contributed by atoms with Gasteiger partial charge in [-0.3, -0.25) is 9.69 Å². The second-order valence-electron chi connectivity index (χ2n) is 6.16. The molecule has 1 aromatic rings. The standard InChI is InChI=1S/C17H23FN2O/c1-2-20-16-9-10-19(12-14(16)7-8-17(20)21)11-13-5-3-4-6-15(13)18/h3-6,14,16H,2,7-12H2,1H3/t14-,16+/m1/s1. The number of likely N-dealkylation sites (tertiary alicyclic amines) is 2. The van der Waals surface area contributed by atoms with Gasteiger partial charge in [-0.2, -0.15) is 0 Å². The van der Waals surface area contributed by atoms with Crippen molar-refractivity contribution in [3.63, 3.8) is 0 Å². The molecule has 2 atom stereocenters. The van der Waals surface area contributed by atoms with E-state index in [1.165, 1.54) is 6.07 Å². The molecule has 0 unspecified atom stereocenters. The van der Waals surface area contributed by atoms with Crippen LogP contribution in [0.15, 0.2) is 24.3 Å². The molecule has 0 bridgehead atoms. The van der Waals surface area contributed by atoms with Crippen LogP contribution < -0.4 is 0 Å². The molecule has 3 nitrogen and oxygen atoms in total. The molecule has 0 aromatic heterocycles. The predicted molar refractivity (Wildman–Crippen MR) is 80.2 cm³/mol. The van der Waals surface area contributed by atoms with Gasteiger partial charge in [0, 0.05) is 44.2 Å². The van der Waals surface area contributed by atoms with Gasteiger partial charge in [0.15, 0.2) is 0 Å². The van der Waals surface area contributed by atoms with Crippen LogP contribution in [-0.4, -0.2) is 41.4 Å². The zero-order valence-electron chi connectivity index (χ0n) is 12.6. The van der Waals surface area contributed by atoms with Crippen molar-refractivity contribution in [3.05, 3.63) is 35.6 Å². The number of hydrogen-bond acceptors (Lipinski definition) is 2. The Labute approximate surface area is 125 Å². The van der Waals surface area contributed by atoms with Crippen LogP contribution in [0, 0.1) is 11.7 Å². The fourth-order valence-electron chi connectivity index (χ4n) is 3.85. The minimum Gasteiger partial charge on any atom is -0.340 e. The van der Waals surface area contributed by atoms with E-state index in [1.54, 1.807) is 6.07 Å². The molecule has 2 aliphatic heterocycles. The van der Waals surface area contributed by atoms with Gasteiger partial charge in [0.1, 0.15) is 5.82 Å². The Balaban J connectivity index is 1.65. The summed E-state index contributed by atoms with van der Waals surface area (Å²) in [6, 6.07) is 7.41. The zero-order valence-corrected chi connectivity index (χ0v) is 12.6. The van der Waals surface area contributed by atoms with E-state index in [0.29, 0.717) is 30.8 Å². The van der Waals surface area contributed by atoms with E-state index >= 15 is 0 Å². The monoisotopic (exact) mass is 290 g/mol. The van der Waals surface area contributed by atoms with Gasteiger partial charge >= 0.3 is 0 Å². The van der Waals surface area contributed by atoms with Crippen molar-refractivity contribution in [2.75, 3.05) is 19.6 Å². The minimum atomic E-state index is -0.117. The molecule has 0 N–H and O–H groups in total. The number of nitrogens with zero attached hydrogens (tertiary/aromatic N) is 2. The summed E-state index contributed by atoms with van der Waals surface area (Å²) in [6.07, 6.45) is 2.66. The van der Waals surface area contributed by atoms with Gasteiger partial charge < -0.3 is 4.90 Å². The zero-order chi connectivity index (χ0) is 14.8. The summed E-state index contributed by atoms with van der Waals surface area (Å²) in [5.74, 6) is 0.734. The van der Waals surface area contributed by atoms with Gasteiger partial charge in [-0.15, -0.1) is 0 Å². The Morgan fingerprint density at radius 1 is 1.29 bits per heavy atom. The lowest BCUT2D eigenvalue weighted by molar-refractivity contribution is -0.140. The second-order valence-corrected chi connectivity index (χ2v) is 6.16. The molecule has 21 heavy (non-hydrogen) atoms. The molecule has 0 aliphatic carbocycles. The van der Waals surface area contributed by atoms with Crippen LogP contribution in [0.5, 0.6) is 0 Å². The second kappa shape index (κ2) is 6.14. The summed E-state index contributed by atoms with van der Waals surface area (Å²) in [7, 11) is 0. The quantitative estimate of drug-likeness (QED) is 0.854. The van der Waals surface area contributed by atoms with Gasteiger partial charge in [-0.25, -0.2) is 4.39 Å². The van der Waals surface area contributed by atoms with Crippen LogP contribution in [0.25, 0.3) is 0 Å². The van der Waals surface area contributed by atoms with Crippen molar-refractivity contribution in [2.45, 2.75) is 38.8 Å². The van der Waals surface area contributed by atoms with E-state index in [2.05, 4.69) is 16.7 Å². The lowest BCUT2D eigenvalue weighted by atomic mass is 9.83. The summed E-state index contributed by atoms with van der Waals surface area (Å²) in [6.45, 7) is 5.47. The van der Waals surface area contributed by atoms with E-state index in [-0.39, 0.29) is 5.82 Å². The molecular weight excluding hydrogens is 267 g/mol. The highest BCUT2D eigenvalue weighted by atomic mass is 19.1. The first-order valence-electron chi connectivity index (χ1n) is 7.94. The van der Waals surface area contributed by atoms with Crippen LogP contribution in [-0.2, 0) is 11.3 Å². The minimum absolute atomic E-state index is 0.117. The average Bonchev–Trinajstić information content (AvgIpc) is 2.50. The van der Waals surface area contributed by atoms with Crippen molar-refractivity contribution in [1.82, 2.24) is 9.80 Å². The van der Waals surface area contributed by atoms with E-state index in [4.69, 9.17) is 0 Å². The Hall–Kier alpha value is -1.42. The molecule has 4 heteroatoms. The van der Waals surface area contributed by atoms with Gasteiger partial charge in [0.05, 0.1) is 0 Å². The van der Waals surface area contributed by atoms with E-state index in [9.17, 15) is 9.18 Å². The van der Waals surface area contributed by atoms with Gasteiger partial charge in [0.2, 0.25) is 5.91 Å². The largest absolute Gasteiger partial charge is 0.340 e. The summed E-state index contributed by atoms with van der Waals surface area (Å²) in [4.78, 5) is 16.3. The highest BCUT2D eigenvalue weighted by Crippen LogP contribution is 2.31. The molecule has 3 rings (SSSR count). The van der Waals surface area contributed by atoms with Crippen LogP contribution in [0.3, 0.4) is 0 Å². The summed E-state index contributed by atoms with van der Waals surface area (Å²) in [5.41, 5.74) is 0.773. The number of carbonyl (C=O) groups excluding carboxylic acids is 1. The molecule has 114 valence electrons. The number of piperidine rings is 2. The number of hydrogen-bond donors (Lipinski definition) is 0. The van der Waals surface area contributed by atoms with E-state index < -0.39 is 0 Å². The Morgan fingerprint density at radius 2 is 2.10 bits per heavy atom. The molecule has 0 spiro atoms. The molecule has 0 radical (unpaired) electrons. The van der Waals surface area contributed by atoms with Gasteiger partial charge in [-0.05, 0) is 31.7 Å². The Morgan fingerprint density at radius 3 is 2.86 bits per heavy atom. The number of halogens is 1. The third kappa shape index (κ3) is 2.95. The van der Waals surface area contributed by atoms with Crippen molar-refractivity contribution >= 4 is 5.91 Å². The maximum atomic E-state index is 13.8. The van der Waals surface area contributed by atoms with E-state index in [0.717, 1.165) is 38.0 Å². The Bertz CT molecular complexity index is 519. The lowest BCUT2D eigenvalue weighted by Gasteiger charge is -2.46. The van der Waals surface area contributed by atoms with E-state index in [1.807, 2.05) is 12.1 Å². The maximum absolute atomic E-state index is 13.8. The van der Waals surface area contributed by atoms with Crippen LogP contribution >= 0.6 is 0 Å². The maximum Gasteiger partial charge on any atom is 0.222 e. The van der Waals surface area contributed by atoms with Crippen molar-refractivity contribution in [1.29, 1.82) is 0 Å². The number of rotatable bonds is 3. The normalized spacial score (nSPS) is 26.8. The third-order valence-corrected chi connectivity index (χ3v) is 4.92. The van der Waals surface area contributed by atoms with Gasteiger partial charge in [-0.1, -0.05) is 18.2 Å². The number of benzene rings is 1. The van der Waals surface area contributed by atoms with Crippen LogP contribution in [0.4, 0.5) is 4.39 Å². The fraction of sp³-hybridized carbons (Fsp3) is 0.588. The molecule has 1 aromatic carbocycles. The predicted octanol–water partition coefficient (Wildman–Crippen LogP) is 2.66. The lowest BCUT2D eigenvalue weighted by Crippen LogP contribution is -2.55. The van der Waals surface area contributed by atoms with Crippen LogP contribution in [0.2, 0.25) is 0 Å². The first-order chi connectivity index (χ1) is 10.2. The summed E-state index contributed by atoms with van der Waals surface area (Å²) in [5, 5.41) is 0. The molecule has 2 saturated heterocycles. The van der Waals surface area contributed by atoms with Crippen molar-refractivity contribution in [2.24, 2.45) is 5.92 Å². The van der Waals surface area contributed by atoms with Gasteiger partial charge in [0.25, 0.3) is 0 Å². The van der Waals surface area contributed by atoms with Crippen molar-refractivity contribution in [3.8, 4) is 0 Å². The smallest absolute Gasteiger partial charge is 0.222 e. The summed E-state index contributed by atoms with van der Waals surface area (Å²) >= 11 is 0. The highest BCUT2D eigenvalue weighted by Gasteiger charge is 2.38. The number of fused-ring (bicyclic) bond motifs is 1. The third-order valence-electron chi connectivity index (χ3n) is 4.92. The average molecular weight is 290 g/mol. The first-order valence-corrected chi connectivity index (χ1v) is 7.94. The summed E-state index contributed by atoms with van der Waals surface area (Å²) < 4.78 is 13.8. The molecule has 2 aliphatic rings. The Kier molecular flexibility index (Phi) is 4.24. The highest BCUT2D eigenvalue weighted by molar-refractivity contribution is 5.77. The number of carbonyl (C=O) groups is 1. The first kappa shape index (κ1) is 14.5. The molecular formula is C17H23FN2O. The number of amides is 1. The SMILES string of the molecule is CCN1C(=O)CC[C@@H]2CN(Cc3ccccc3F)CC[C@@H]21. The molecule has 1 amide bonds. The van der Waals surface area contributed by atoms with Crippen molar-refractivity contribution < 1.29 is 9.18 Å². The molecule has 0 saturated carbocycles. The topological polar surface area (TPSA) is 23.6 Å².